The summed E-state index contributed by atoms with van der Waals surface area (Å²) < 4.78 is 0. The highest BCUT2D eigenvalue weighted by molar-refractivity contribution is 7.99. The quantitative estimate of drug-likeness (QED) is 0.842. The Morgan fingerprint density at radius 3 is 2.47 bits per heavy atom. The smallest absolute Gasteiger partial charge is 0.232 e. The summed E-state index contributed by atoms with van der Waals surface area (Å²) in [5, 5.41) is 2.97. The zero-order chi connectivity index (χ0) is 12.7. The van der Waals surface area contributed by atoms with E-state index < -0.39 is 0 Å². The molecule has 0 spiro atoms. The van der Waals surface area contributed by atoms with Gasteiger partial charge in [0.05, 0.1) is 5.25 Å². The summed E-state index contributed by atoms with van der Waals surface area (Å²) in [5.74, 6) is 1.53. The molecule has 0 heterocycles. The van der Waals surface area contributed by atoms with Crippen molar-refractivity contribution in [1.82, 2.24) is 5.32 Å². The van der Waals surface area contributed by atoms with Gasteiger partial charge in [-0.05, 0) is 18.4 Å². The van der Waals surface area contributed by atoms with Crippen molar-refractivity contribution in [3.8, 4) is 0 Å². The lowest BCUT2D eigenvalue weighted by atomic mass is 10.2. The fourth-order valence-electron chi connectivity index (χ4n) is 1.32. The first-order valence-corrected chi connectivity index (χ1v) is 7.07. The Kier molecular flexibility index (Phi) is 6.12. The molecule has 17 heavy (non-hydrogen) atoms. The lowest BCUT2D eigenvalue weighted by molar-refractivity contribution is -0.120. The van der Waals surface area contributed by atoms with Gasteiger partial charge in [-0.25, -0.2) is 0 Å². The number of hydrogen-bond donors (Lipinski definition) is 1. The van der Waals surface area contributed by atoms with Crippen LogP contribution in [0, 0.1) is 5.92 Å². The molecule has 0 aliphatic heterocycles. The van der Waals surface area contributed by atoms with Crippen molar-refractivity contribution >= 4 is 17.7 Å². The Hall–Kier alpha value is -0.960. The van der Waals surface area contributed by atoms with Crippen molar-refractivity contribution in [2.45, 2.75) is 31.8 Å². The number of hydrogen-bond acceptors (Lipinski definition) is 2. The van der Waals surface area contributed by atoms with E-state index >= 15 is 0 Å². The molecule has 0 fully saturated rings. The molecule has 3 heteroatoms. The Morgan fingerprint density at radius 2 is 1.88 bits per heavy atom. The summed E-state index contributed by atoms with van der Waals surface area (Å²) >= 11 is 1.68. The number of thioether (sulfide) groups is 1. The molecule has 0 aromatic heterocycles. The van der Waals surface area contributed by atoms with Gasteiger partial charge < -0.3 is 5.32 Å². The van der Waals surface area contributed by atoms with Gasteiger partial charge in [0, 0.05) is 12.3 Å². The molecule has 1 amide bonds. The number of carbonyl (C=O) groups excluding carboxylic acids is 1. The van der Waals surface area contributed by atoms with Crippen LogP contribution in [0.25, 0.3) is 0 Å². The van der Waals surface area contributed by atoms with Gasteiger partial charge in [0.15, 0.2) is 0 Å². The van der Waals surface area contributed by atoms with Crippen molar-refractivity contribution in [3.05, 3.63) is 35.9 Å². The van der Waals surface area contributed by atoms with E-state index in [4.69, 9.17) is 0 Å². The number of carbonyl (C=O) groups is 1. The maximum atomic E-state index is 11.7. The first-order valence-electron chi connectivity index (χ1n) is 6.03. The highest BCUT2D eigenvalue weighted by Gasteiger charge is 2.12. The topological polar surface area (TPSA) is 29.1 Å². The molecular formula is C14H21NOS. The second kappa shape index (κ2) is 7.38. The molecule has 0 aliphatic carbocycles. The monoisotopic (exact) mass is 251 g/mol. The molecule has 0 saturated carbocycles. The van der Waals surface area contributed by atoms with Gasteiger partial charge in [0.2, 0.25) is 5.91 Å². The normalized spacial score (nSPS) is 12.5. The van der Waals surface area contributed by atoms with Crippen LogP contribution in [0.1, 0.15) is 26.3 Å². The van der Waals surface area contributed by atoms with Crippen molar-refractivity contribution in [2.24, 2.45) is 5.92 Å². The van der Waals surface area contributed by atoms with Gasteiger partial charge >= 0.3 is 0 Å². The summed E-state index contributed by atoms with van der Waals surface area (Å²) in [6, 6.07) is 10.2. The maximum absolute atomic E-state index is 11.7. The maximum Gasteiger partial charge on any atom is 0.232 e. The number of amides is 1. The molecule has 1 rings (SSSR count). The predicted molar refractivity (Wildman–Crippen MR) is 75.0 cm³/mol. The molecule has 94 valence electrons. The van der Waals surface area contributed by atoms with E-state index in [0.29, 0.717) is 5.92 Å². The van der Waals surface area contributed by atoms with Crippen LogP contribution in [0.5, 0.6) is 0 Å². The summed E-state index contributed by atoms with van der Waals surface area (Å²) in [4.78, 5) is 11.7. The van der Waals surface area contributed by atoms with E-state index in [2.05, 4.69) is 31.3 Å². The van der Waals surface area contributed by atoms with Crippen LogP contribution in [0.15, 0.2) is 30.3 Å². The summed E-state index contributed by atoms with van der Waals surface area (Å²) in [6.45, 7) is 6.92. The fraction of sp³-hybridized carbons (Fsp3) is 0.500. The van der Waals surface area contributed by atoms with E-state index in [1.807, 2.05) is 25.1 Å². The minimum absolute atomic E-state index is 0.00829. The largest absolute Gasteiger partial charge is 0.355 e. The molecule has 0 unspecified atom stereocenters. The molecule has 0 bridgehead atoms. The molecule has 1 aromatic rings. The van der Waals surface area contributed by atoms with Crippen molar-refractivity contribution in [1.29, 1.82) is 0 Å². The van der Waals surface area contributed by atoms with Crippen LogP contribution in [0.2, 0.25) is 0 Å². The first kappa shape index (κ1) is 14.1. The van der Waals surface area contributed by atoms with Crippen LogP contribution >= 0.6 is 11.8 Å². The highest BCUT2D eigenvalue weighted by Crippen LogP contribution is 2.17. The van der Waals surface area contributed by atoms with Gasteiger partial charge in [-0.15, -0.1) is 11.8 Å². The van der Waals surface area contributed by atoms with Crippen LogP contribution in [-0.2, 0) is 10.5 Å². The van der Waals surface area contributed by atoms with Crippen LogP contribution in [0.3, 0.4) is 0 Å². The SMILES string of the molecule is CC(C)CNC(=O)[C@H](C)SCc1ccccc1. The van der Waals surface area contributed by atoms with Crippen molar-refractivity contribution in [3.63, 3.8) is 0 Å². The van der Waals surface area contributed by atoms with Gasteiger partial charge in [-0.1, -0.05) is 44.2 Å². The lowest BCUT2D eigenvalue weighted by Crippen LogP contribution is -2.33. The molecule has 0 saturated heterocycles. The van der Waals surface area contributed by atoms with Gasteiger partial charge in [0.25, 0.3) is 0 Å². The summed E-state index contributed by atoms with van der Waals surface area (Å²) in [7, 11) is 0. The van der Waals surface area contributed by atoms with Crippen LogP contribution in [0.4, 0.5) is 0 Å². The third-order valence-electron chi connectivity index (χ3n) is 2.40. The lowest BCUT2D eigenvalue weighted by Gasteiger charge is -2.13. The second-order valence-electron chi connectivity index (χ2n) is 4.58. The zero-order valence-electron chi connectivity index (χ0n) is 10.8. The predicted octanol–water partition coefficient (Wildman–Crippen LogP) is 3.08. The minimum Gasteiger partial charge on any atom is -0.355 e. The summed E-state index contributed by atoms with van der Waals surface area (Å²) in [5.41, 5.74) is 1.26. The van der Waals surface area contributed by atoms with E-state index in [0.717, 1.165) is 12.3 Å². The van der Waals surface area contributed by atoms with Gasteiger partial charge in [-0.2, -0.15) is 0 Å². The Balaban J connectivity index is 2.29. The third-order valence-corrected chi connectivity index (χ3v) is 3.61. The second-order valence-corrected chi connectivity index (χ2v) is 5.91. The molecule has 1 atom stereocenters. The fourth-order valence-corrected chi connectivity index (χ4v) is 2.19. The highest BCUT2D eigenvalue weighted by atomic mass is 32.2. The number of nitrogens with one attached hydrogen (secondary N) is 1. The Bertz CT molecular complexity index is 337. The van der Waals surface area contributed by atoms with Crippen LogP contribution < -0.4 is 5.32 Å². The van der Waals surface area contributed by atoms with Crippen molar-refractivity contribution < 1.29 is 4.79 Å². The molecule has 1 N–H and O–H groups in total. The average molecular weight is 251 g/mol. The van der Waals surface area contributed by atoms with E-state index in [1.165, 1.54) is 5.56 Å². The number of rotatable bonds is 6. The molecule has 2 nitrogen and oxygen atoms in total. The van der Waals surface area contributed by atoms with Crippen LogP contribution in [-0.4, -0.2) is 17.7 Å². The van der Waals surface area contributed by atoms with E-state index in [-0.39, 0.29) is 11.2 Å². The van der Waals surface area contributed by atoms with Gasteiger partial charge in [0.1, 0.15) is 0 Å². The molecule has 0 radical (unpaired) electrons. The van der Waals surface area contributed by atoms with E-state index in [1.54, 1.807) is 11.8 Å². The third kappa shape index (κ3) is 5.78. The Morgan fingerprint density at radius 1 is 1.24 bits per heavy atom. The zero-order valence-corrected chi connectivity index (χ0v) is 11.6. The molecule has 0 aliphatic rings. The standard InChI is InChI=1S/C14H21NOS/c1-11(2)9-15-14(16)12(3)17-10-13-7-5-4-6-8-13/h4-8,11-12H,9-10H2,1-3H3,(H,15,16)/t12-/m0/s1. The van der Waals surface area contributed by atoms with Crippen molar-refractivity contribution in [2.75, 3.05) is 6.54 Å². The minimum atomic E-state index is 0.00829. The Labute approximate surface area is 108 Å². The molecule has 1 aromatic carbocycles. The average Bonchev–Trinajstić information content (AvgIpc) is 2.34. The molecular weight excluding hydrogens is 230 g/mol. The van der Waals surface area contributed by atoms with Gasteiger partial charge in [-0.3, -0.25) is 4.79 Å². The number of benzene rings is 1. The summed E-state index contributed by atoms with van der Waals surface area (Å²) in [6.07, 6.45) is 0. The van der Waals surface area contributed by atoms with E-state index in [9.17, 15) is 4.79 Å². The first-order chi connectivity index (χ1) is 8.09.